The molecule has 0 N–H and O–H groups in total. The number of halogens is 1. The SMILES string of the molecule is C=CCS(=O)(=O)N1C[C@@H]2OC(=O)N(CCc3ccc(F)cc3)[C@@H]2C1. The number of amides is 1. The fourth-order valence-corrected chi connectivity index (χ4v) is 4.37. The molecule has 0 unspecified atom stereocenters. The Balaban J connectivity index is 1.65. The lowest BCUT2D eigenvalue weighted by atomic mass is 10.1. The van der Waals surface area contributed by atoms with E-state index in [4.69, 9.17) is 4.74 Å². The number of hydrogen-bond donors (Lipinski definition) is 0. The summed E-state index contributed by atoms with van der Waals surface area (Å²) in [6.07, 6.45) is 1.04. The first-order chi connectivity index (χ1) is 11.4. The molecular formula is C16H19FN2O4S. The highest BCUT2D eigenvalue weighted by Crippen LogP contribution is 2.28. The zero-order valence-electron chi connectivity index (χ0n) is 13.1. The van der Waals surface area contributed by atoms with Gasteiger partial charge in [-0.2, -0.15) is 4.31 Å². The zero-order chi connectivity index (χ0) is 17.3. The third-order valence-corrected chi connectivity index (χ3v) is 6.11. The molecule has 0 bridgehead atoms. The first-order valence-corrected chi connectivity index (χ1v) is 9.32. The van der Waals surface area contributed by atoms with Crippen LogP contribution in [0.3, 0.4) is 0 Å². The van der Waals surface area contributed by atoms with Gasteiger partial charge in [-0.1, -0.05) is 18.2 Å². The Morgan fingerprint density at radius 3 is 2.67 bits per heavy atom. The maximum absolute atomic E-state index is 12.9. The van der Waals surface area contributed by atoms with Gasteiger partial charge in [-0.15, -0.1) is 6.58 Å². The van der Waals surface area contributed by atoms with Crippen LogP contribution in [0.4, 0.5) is 9.18 Å². The molecule has 1 aromatic carbocycles. The van der Waals surface area contributed by atoms with E-state index in [0.29, 0.717) is 13.0 Å². The number of nitrogens with zero attached hydrogens (tertiary/aromatic N) is 2. The van der Waals surface area contributed by atoms with Gasteiger partial charge < -0.3 is 4.74 Å². The first-order valence-electron chi connectivity index (χ1n) is 7.71. The molecule has 0 aromatic heterocycles. The summed E-state index contributed by atoms with van der Waals surface area (Å²) in [6.45, 7) is 4.27. The fraction of sp³-hybridized carbons (Fsp3) is 0.438. The topological polar surface area (TPSA) is 66.9 Å². The van der Waals surface area contributed by atoms with Crippen molar-refractivity contribution in [3.8, 4) is 0 Å². The Morgan fingerprint density at radius 2 is 2.00 bits per heavy atom. The molecule has 130 valence electrons. The summed E-state index contributed by atoms with van der Waals surface area (Å²) in [5.41, 5.74) is 0.904. The average Bonchev–Trinajstić information content (AvgIpc) is 3.05. The van der Waals surface area contributed by atoms with Crippen LogP contribution in [0, 0.1) is 5.82 Å². The molecule has 2 fully saturated rings. The second-order valence-corrected chi connectivity index (χ2v) is 7.96. The van der Waals surface area contributed by atoms with E-state index in [1.807, 2.05) is 0 Å². The molecule has 2 saturated heterocycles. The van der Waals surface area contributed by atoms with Crippen LogP contribution in [0.15, 0.2) is 36.9 Å². The van der Waals surface area contributed by atoms with Crippen molar-refractivity contribution >= 4 is 16.1 Å². The minimum atomic E-state index is -3.41. The molecular weight excluding hydrogens is 335 g/mol. The molecule has 0 saturated carbocycles. The van der Waals surface area contributed by atoms with Crippen molar-refractivity contribution in [2.45, 2.75) is 18.6 Å². The number of hydrogen-bond acceptors (Lipinski definition) is 4. The Kier molecular flexibility index (Phi) is 4.60. The van der Waals surface area contributed by atoms with Gasteiger partial charge in [0, 0.05) is 13.1 Å². The van der Waals surface area contributed by atoms with Crippen LogP contribution in [0.2, 0.25) is 0 Å². The molecule has 2 aliphatic rings. The average molecular weight is 354 g/mol. The van der Waals surface area contributed by atoms with Gasteiger partial charge in [-0.05, 0) is 24.1 Å². The van der Waals surface area contributed by atoms with Gasteiger partial charge >= 0.3 is 6.09 Å². The van der Waals surface area contributed by atoms with Crippen molar-refractivity contribution < 1.29 is 22.3 Å². The molecule has 6 nitrogen and oxygen atoms in total. The van der Waals surface area contributed by atoms with Crippen LogP contribution < -0.4 is 0 Å². The predicted molar refractivity (Wildman–Crippen MR) is 86.4 cm³/mol. The Bertz CT molecular complexity index is 735. The van der Waals surface area contributed by atoms with E-state index in [2.05, 4.69) is 6.58 Å². The molecule has 0 radical (unpaired) electrons. The van der Waals surface area contributed by atoms with E-state index in [9.17, 15) is 17.6 Å². The summed E-state index contributed by atoms with van der Waals surface area (Å²) >= 11 is 0. The van der Waals surface area contributed by atoms with Crippen molar-refractivity contribution in [1.29, 1.82) is 0 Å². The Morgan fingerprint density at radius 1 is 1.29 bits per heavy atom. The Hall–Kier alpha value is -1.93. The zero-order valence-corrected chi connectivity index (χ0v) is 13.9. The quantitative estimate of drug-likeness (QED) is 0.724. The highest BCUT2D eigenvalue weighted by molar-refractivity contribution is 7.89. The third-order valence-electron chi connectivity index (χ3n) is 4.37. The van der Waals surface area contributed by atoms with Gasteiger partial charge in [-0.3, -0.25) is 4.90 Å². The minimum absolute atomic E-state index is 0.129. The van der Waals surface area contributed by atoms with Crippen LogP contribution >= 0.6 is 0 Å². The highest BCUT2D eigenvalue weighted by atomic mass is 32.2. The van der Waals surface area contributed by atoms with Crippen molar-refractivity contribution in [2.24, 2.45) is 0 Å². The van der Waals surface area contributed by atoms with Crippen molar-refractivity contribution in [1.82, 2.24) is 9.21 Å². The van der Waals surface area contributed by atoms with E-state index in [1.54, 1.807) is 17.0 Å². The largest absolute Gasteiger partial charge is 0.442 e. The lowest BCUT2D eigenvalue weighted by molar-refractivity contribution is 0.129. The number of carbonyl (C=O) groups is 1. The van der Waals surface area contributed by atoms with E-state index in [-0.39, 0.29) is 30.7 Å². The van der Waals surface area contributed by atoms with Crippen LogP contribution in [0.1, 0.15) is 5.56 Å². The van der Waals surface area contributed by atoms with E-state index < -0.39 is 22.2 Å². The van der Waals surface area contributed by atoms with Crippen molar-refractivity contribution in [3.05, 3.63) is 48.3 Å². The first kappa shape index (κ1) is 16.9. The lowest BCUT2D eigenvalue weighted by Crippen LogP contribution is -2.40. The number of carbonyl (C=O) groups excluding carboxylic acids is 1. The summed E-state index contributed by atoms with van der Waals surface area (Å²) in [7, 11) is -3.41. The smallest absolute Gasteiger partial charge is 0.410 e. The number of ether oxygens (including phenoxy) is 1. The van der Waals surface area contributed by atoms with Crippen LogP contribution in [-0.4, -0.2) is 61.2 Å². The number of rotatable bonds is 6. The van der Waals surface area contributed by atoms with Crippen LogP contribution in [-0.2, 0) is 21.2 Å². The van der Waals surface area contributed by atoms with Gasteiger partial charge in [0.25, 0.3) is 0 Å². The highest BCUT2D eigenvalue weighted by Gasteiger charge is 2.49. The summed E-state index contributed by atoms with van der Waals surface area (Å²) in [5, 5.41) is 0. The normalized spacial score (nSPS) is 24.0. The Labute approximate surface area is 140 Å². The van der Waals surface area contributed by atoms with Gasteiger partial charge in [0.2, 0.25) is 10.0 Å². The fourth-order valence-electron chi connectivity index (χ4n) is 3.11. The maximum atomic E-state index is 12.9. The van der Waals surface area contributed by atoms with Crippen molar-refractivity contribution in [3.63, 3.8) is 0 Å². The summed E-state index contributed by atoms with van der Waals surface area (Å²) in [5.74, 6) is -0.436. The van der Waals surface area contributed by atoms with Crippen LogP contribution in [0.5, 0.6) is 0 Å². The van der Waals surface area contributed by atoms with Gasteiger partial charge in [0.15, 0.2) is 0 Å². The molecule has 8 heteroatoms. The molecule has 2 aliphatic heterocycles. The lowest BCUT2D eigenvalue weighted by Gasteiger charge is -2.22. The number of benzene rings is 1. The second-order valence-electron chi connectivity index (χ2n) is 5.94. The summed E-state index contributed by atoms with van der Waals surface area (Å²) < 4.78 is 43.8. The number of sulfonamides is 1. The molecule has 1 amide bonds. The second kappa shape index (κ2) is 6.52. The van der Waals surface area contributed by atoms with E-state index >= 15 is 0 Å². The molecule has 0 spiro atoms. The summed E-state index contributed by atoms with van der Waals surface area (Å²) in [6, 6.07) is 5.81. The molecule has 1 aromatic rings. The molecule has 0 aliphatic carbocycles. The van der Waals surface area contributed by atoms with E-state index in [0.717, 1.165) is 5.56 Å². The van der Waals surface area contributed by atoms with Gasteiger partial charge in [0.1, 0.15) is 11.9 Å². The number of fused-ring (bicyclic) bond motifs is 1. The van der Waals surface area contributed by atoms with Crippen molar-refractivity contribution in [2.75, 3.05) is 25.4 Å². The third kappa shape index (κ3) is 3.29. The maximum Gasteiger partial charge on any atom is 0.410 e. The molecule has 24 heavy (non-hydrogen) atoms. The monoisotopic (exact) mass is 354 g/mol. The van der Waals surface area contributed by atoms with Gasteiger partial charge in [-0.25, -0.2) is 17.6 Å². The minimum Gasteiger partial charge on any atom is -0.442 e. The predicted octanol–water partition coefficient (Wildman–Crippen LogP) is 1.39. The molecule has 2 heterocycles. The molecule has 3 rings (SSSR count). The standard InChI is InChI=1S/C16H19FN2O4S/c1-2-9-24(21,22)18-10-14-15(11-18)23-16(20)19(14)8-7-12-3-5-13(17)6-4-12/h2-6,14-15H,1,7-11H2/t14-,15+/m1/s1. The van der Waals surface area contributed by atoms with Gasteiger partial charge in [0.05, 0.1) is 18.3 Å². The van der Waals surface area contributed by atoms with E-state index in [1.165, 1.54) is 22.5 Å². The van der Waals surface area contributed by atoms with Crippen LogP contribution in [0.25, 0.3) is 0 Å². The molecule has 2 atom stereocenters. The summed E-state index contributed by atoms with van der Waals surface area (Å²) in [4.78, 5) is 13.6.